The van der Waals surface area contributed by atoms with Gasteiger partial charge in [0.1, 0.15) is 6.54 Å². The number of carbonyl (C=O) groups is 2. The number of amides is 1. The van der Waals surface area contributed by atoms with Gasteiger partial charge in [-0.15, -0.1) is 0 Å². The van der Waals surface area contributed by atoms with Crippen molar-refractivity contribution >= 4 is 27.8 Å². The predicted octanol–water partition coefficient (Wildman–Crippen LogP) is 2.12. The Kier molecular flexibility index (Phi) is 3.51. The molecule has 0 aromatic carbocycles. The van der Waals surface area contributed by atoms with E-state index in [-0.39, 0.29) is 24.3 Å². The minimum Gasteiger partial charge on any atom is -0.480 e. The lowest BCUT2D eigenvalue weighted by molar-refractivity contribution is -0.138. The van der Waals surface area contributed by atoms with Gasteiger partial charge in [-0.1, -0.05) is 0 Å². The summed E-state index contributed by atoms with van der Waals surface area (Å²) in [6, 6.07) is 1.64. The van der Waals surface area contributed by atoms with Crippen LogP contribution in [0.1, 0.15) is 29.8 Å². The maximum atomic E-state index is 12.1. The van der Waals surface area contributed by atoms with Crippen LogP contribution in [-0.2, 0) is 4.79 Å². The van der Waals surface area contributed by atoms with Gasteiger partial charge in [-0.05, 0) is 41.3 Å². The Labute approximate surface area is 107 Å². The summed E-state index contributed by atoms with van der Waals surface area (Å²) in [5.41, 5.74) is 0. The number of carbonyl (C=O) groups excluding carboxylic acids is 1. The van der Waals surface area contributed by atoms with Crippen LogP contribution in [0.3, 0.4) is 0 Å². The molecule has 0 bridgehead atoms. The molecule has 0 unspecified atom stereocenters. The molecule has 5 nitrogen and oxygen atoms in total. The van der Waals surface area contributed by atoms with Crippen LogP contribution in [0.15, 0.2) is 21.2 Å². The average molecular weight is 302 g/mol. The summed E-state index contributed by atoms with van der Waals surface area (Å²) in [5.74, 6) is -1.21. The van der Waals surface area contributed by atoms with E-state index in [9.17, 15) is 9.59 Å². The number of halogens is 1. The largest absolute Gasteiger partial charge is 0.480 e. The molecule has 0 radical (unpaired) electrons. The molecule has 1 heterocycles. The Balaban J connectivity index is 2.17. The van der Waals surface area contributed by atoms with E-state index in [4.69, 9.17) is 9.52 Å². The summed E-state index contributed by atoms with van der Waals surface area (Å²) in [6.07, 6.45) is 4.15. The Morgan fingerprint density at radius 3 is 2.65 bits per heavy atom. The molecule has 0 spiro atoms. The van der Waals surface area contributed by atoms with E-state index < -0.39 is 5.97 Å². The van der Waals surface area contributed by atoms with E-state index >= 15 is 0 Å². The quantitative estimate of drug-likeness (QED) is 0.925. The zero-order valence-corrected chi connectivity index (χ0v) is 10.6. The maximum absolute atomic E-state index is 12.1. The molecule has 1 fully saturated rings. The molecule has 1 saturated carbocycles. The topological polar surface area (TPSA) is 70.8 Å². The van der Waals surface area contributed by atoms with Crippen molar-refractivity contribution in [1.82, 2.24) is 4.90 Å². The van der Waals surface area contributed by atoms with Crippen LogP contribution in [0.25, 0.3) is 0 Å². The molecule has 2 rings (SSSR count). The normalized spacial score (nSPS) is 15.4. The van der Waals surface area contributed by atoms with Crippen molar-refractivity contribution in [1.29, 1.82) is 0 Å². The van der Waals surface area contributed by atoms with Crippen molar-refractivity contribution < 1.29 is 19.1 Å². The number of carboxylic acids is 1. The molecule has 1 aromatic heterocycles. The smallest absolute Gasteiger partial charge is 0.323 e. The van der Waals surface area contributed by atoms with Crippen LogP contribution in [0.5, 0.6) is 0 Å². The first kappa shape index (κ1) is 12.2. The first-order valence-electron chi connectivity index (χ1n) is 5.35. The molecule has 92 valence electrons. The lowest BCUT2D eigenvalue weighted by atomic mass is 9.91. The minimum absolute atomic E-state index is 0.0237. The van der Waals surface area contributed by atoms with E-state index in [1.807, 2.05) is 0 Å². The van der Waals surface area contributed by atoms with Gasteiger partial charge in [0.25, 0.3) is 5.91 Å². The first-order valence-corrected chi connectivity index (χ1v) is 6.14. The Morgan fingerprint density at radius 2 is 2.24 bits per heavy atom. The van der Waals surface area contributed by atoms with E-state index in [0.29, 0.717) is 4.47 Å². The highest BCUT2D eigenvalue weighted by Crippen LogP contribution is 2.28. The Morgan fingerprint density at radius 1 is 1.53 bits per heavy atom. The van der Waals surface area contributed by atoms with Crippen LogP contribution in [0.4, 0.5) is 0 Å². The molecule has 1 aromatic rings. The summed E-state index contributed by atoms with van der Waals surface area (Å²) in [7, 11) is 0. The second kappa shape index (κ2) is 4.91. The second-order valence-corrected chi connectivity index (χ2v) is 4.86. The third kappa shape index (κ3) is 2.52. The summed E-state index contributed by atoms with van der Waals surface area (Å²) in [5, 5.41) is 8.83. The zero-order valence-electron chi connectivity index (χ0n) is 9.06. The van der Waals surface area contributed by atoms with E-state index in [1.165, 1.54) is 11.2 Å². The zero-order chi connectivity index (χ0) is 12.4. The standard InChI is InChI=1S/C11H12BrNO4/c12-8-4-5-17-10(8)11(16)13(6-9(14)15)7-2-1-3-7/h4-5,7H,1-3,6H2,(H,14,15). The van der Waals surface area contributed by atoms with Gasteiger partial charge in [-0.2, -0.15) is 0 Å². The van der Waals surface area contributed by atoms with Crippen molar-refractivity contribution in [3.05, 3.63) is 22.6 Å². The molecule has 0 saturated heterocycles. The van der Waals surface area contributed by atoms with Crippen molar-refractivity contribution in [2.75, 3.05) is 6.54 Å². The number of hydrogen-bond acceptors (Lipinski definition) is 3. The predicted molar refractivity (Wildman–Crippen MR) is 62.7 cm³/mol. The lowest BCUT2D eigenvalue weighted by Crippen LogP contribution is -2.46. The minimum atomic E-state index is -1.01. The van der Waals surface area contributed by atoms with Crippen molar-refractivity contribution in [2.24, 2.45) is 0 Å². The summed E-state index contributed by atoms with van der Waals surface area (Å²) < 4.78 is 5.63. The highest BCUT2D eigenvalue weighted by Gasteiger charge is 2.32. The monoisotopic (exact) mass is 301 g/mol. The molecule has 1 amide bonds. The third-order valence-electron chi connectivity index (χ3n) is 2.89. The number of nitrogens with zero attached hydrogens (tertiary/aromatic N) is 1. The molecule has 1 aliphatic carbocycles. The van der Waals surface area contributed by atoms with Crippen molar-refractivity contribution in [3.63, 3.8) is 0 Å². The van der Waals surface area contributed by atoms with E-state index in [0.717, 1.165) is 19.3 Å². The molecule has 17 heavy (non-hydrogen) atoms. The van der Waals surface area contributed by atoms with Crippen molar-refractivity contribution in [3.8, 4) is 0 Å². The van der Waals surface area contributed by atoms with E-state index in [2.05, 4.69) is 15.9 Å². The van der Waals surface area contributed by atoms with Gasteiger partial charge in [0.05, 0.1) is 10.7 Å². The molecular formula is C11H12BrNO4. The first-order chi connectivity index (χ1) is 8.09. The maximum Gasteiger partial charge on any atom is 0.323 e. The summed E-state index contributed by atoms with van der Waals surface area (Å²) in [4.78, 5) is 24.3. The fourth-order valence-electron chi connectivity index (χ4n) is 1.79. The molecule has 6 heteroatoms. The molecule has 1 aliphatic rings. The highest BCUT2D eigenvalue weighted by atomic mass is 79.9. The number of carboxylic acid groups (broad SMARTS) is 1. The Hall–Kier alpha value is -1.30. The number of aliphatic carboxylic acids is 1. The summed E-state index contributed by atoms with van der Waals surface area (Å²) in [6.45, 7) is -0.281. The summed E-state index contributed by atoms with van der Waals surface area (Å²) >= 11 is 3.20. The average Bonchev–Trinajstić information content (AvgIpc) is 2.59. The van der Waals surface area contributed by atoms with Gasteiger partial charge < -0.3 is 14.4 Å². The highest BCUT2D eigenvalue weighted by molar-refractivity contribution is 9.10. The van der Waals surface area contributed by atoms with Crippen LogP contribution in [-0.4, -0.2) is 34.5 Å². The third-order valence-corrected chi connectivity index (χ3v) is 3.52. The second-order valence-electron chi connectivity index (χ2n) is 4.01. The number of hydrogen-bond donors (Lipinski definition) is 1. The van der Waals surface area contributed by atoms with Crippen LogP contribution < -0.4 is 0 Å². The molecular weight excluding hydrogens is 290 g/mol. The van der Waals surface area contributed by atoms with Crippen LogP contribution in [0.2, 0.25) is 0 Å². The van der Waals surface area contributed by atoms with Gasteiger partial charge in [-0.25, -0.2) is 0 Å². The van der Waals surface area contributed by atoms with E-state index in [1.54, 1.807) is 6.07 Å². The van der Waals surface area contributed by atoms with Gasteiger partial charge in [0.15, 0.2) is 0 Å². The molecule has 0 aliphatic heterocycles. The lowest BCUT2D eigenvalue weighted by Gasteiger charge is -2.36. The fourth-order valence-corrected chi connectivity index (χ4v) is 2.16. The molecule has 1 N–H and O–H groups in total. The number of furan rings is 1. The number of rotatable bonds is 4. The van der Waals surface area contributed by atoms with Crippen LogP contribution >= 0.6 is 15.9 Å². The van der Waals surface area contributed by atoms with Crippen LogP contribution in [0, 0.1) is 0 Å². The van der Waals surface area contributed by atoms with Gasteiger partial charge >= 0.3 is 5.97 Å². The van der Waals surface area contributed by atoms with Gasteiger partial charge in [0.2, 0.25) is 5.76 Å². The van der Waals surface area contributed by atoms with Gasteiger partial charge in [-0.3, -0.25) is 9.59 Å². The Bertz CT molecular complexity index is 438. The SMILES string of the molecule is O=C(O)CN(C(=O)c1occc1Br)C1CCC1. The molecule has 0 atom stereocenters. The fraction of sp³-hybridized carbons (Fsp3) is 0.455. The van der Waals surface area contributed by atoms with Crippen molar-refractivity contribution in [2.45, 2.75) is 25.3 Å². The van der Waals surface area contributed by atoms with Gasteiger partial charge in [0, 0.05) is 6.04 Å².